The molecule has 7 heteroatoms. The summed E-state index contributed by atoms with van der Waals surface area (Å²) in [5.41, 5.74) is 0.707. The molecular weight excluding hydrogens is 294 g/mol. The molecule has 0 fully saturated rings. The van der Waals surface area contributed by atoms with Gasteiger partial charge in [0.1, 0.15) is 23.1 Å². The van der Waals surface area contributed by atoms with Crippen molar-refractivity contribution in [3.05, 3.63) is 23.8 Å². The fourth-order valence-corrected chi connectivity index (χ4v) is 3.24. The number of sulfone groups is 1. The Balaban J connectivity index is 1.93. The first-order valence-electron chi connectivity index (χ1n) is 6.84. The first-order valence-corrected chi connectivity index (χ1v) is 8.90. The van der Waals surface area contributed by atoms with E-state index in [1.807, 2.05) is 0 Å². The van der Waals surface area contributed by atoms with Crippen LogP contribution in [0, 0.1) is 0 Å². The smallest absolute Gasteiger partial charge is 0.161 e. The Labute approximate surface area is 125 Å². The van der Waals surface area contributed by atoms with Gasteiger partial charge in [0, 0.05) is 18.8 Å². The van der Waals surface area contributed by atoms with E-state index in [2.05, 4.69) is 5.32 Å². The maximum Gasteiger partial charge on any atom is 0.161 e. The molecule has 0 radical (unpaired) electrons. The number of rotatable bonds is 6. The Kier molecular flexibility index (Phi) is 5.08. The summed E-state index contributed by atoms with van der Waals surface area (Å²) in [7, 11) is -3.03. The first kappa shape index (κ1) is 16.1. The molecule has 1 aromatic carbocycles. The van der Waals surface area contributed by atoms with Gasteiger partial charge in [-0.2, -0.15) is 0 Å². The average Bonchev–Trinajstić information content (AvgIpc) is 2.42. The van der Waals surface area contributed by atoms with E-state index in [9.17, 15) is 13.5 Å². The van der Waals surface area contributed by atoms with Crippen molar-refractivity contribution in [2.24, 2.45) is 0 Å². The number of benzene rings is 1. The molecule has 2 rings (SSSR count). The number of aliphatic hydroxyl groups is 1. The minimum atomic E-state index is -3.03. The van der Waals surface area contributed by atoms with Crippen molar-refractivity contribution in [1.82, 2.24) is 5.32 Å². The van der Waals surface area contributed by atoms with Crippen LogP contribution in [-0.4, -0.2) is 51.3 Å². The zero-order valence-electron chi connectivity index (χ0n) is 12.2. The second-order valence-corrected chi connectivity index (χ2v) is 7.51. The molecule has 6 nitrogen and oxygen atoms in total. The van der Waals surface area contributed by atoms with Crippen molar-refractivity contribution in [2.45, 2.75) is 19.1 Å². The van der Waals surface area contributed by atoms with Crippen LogP contribution in [0.4, 0.5) is 0 Å². The van der Waals surface area contributed by atoms with Crippen LogP contribution >= 0.6 is 0 Å². The highest BCUT2D eigenvalue weighted by Crippen LogP contribution is 2.32. The standard InChI is InChI=1S/C14H21NO5S/c1-10(9-21(2,17)18)15-8-12(16)11-3-4-13-14(7-11)20-6-5-19-13/h3-4,7,10,12,15-16H,5-6,8-9H2,1-2H3. The van der Waals surface area contributed by atoms with E-state index in [4.69, 9.17) is 9.47 Å². The molecule has 118 valence electrons. The Morgan fingerprint density at radius 1 is 1.29 bits per heavy atom. The average molecular weight is 315 g/mol. The lowest BCUT2D eigenvalue weighted by Gasteiger charge is -2.21. The molecule has 0 spiro atoms. The minimum Gasteiger partial charge on any atom is -0.486 e. The largest absolute Gasteiger partial charge is 0.486 e. The highest BCUT2D eigenvalue weighted by molar-refractivity contribution is 7.90. The first-order chi connectivity index (χ1) is 9.85. The normalized spacial score (nSPS) is 17.3. The van der Waals surface area contributed by atoms with Crippen LogP contribution in [0.25, 0.3) is 0 Å². The van der Waals surface area contributed by atoms with E-state index in [0.717, 1.165) is 0 Å². The van der Waals surface area contributed by atoms with Gasteiger partial charge in [0.15, 0.2) is 11.5 Å². The molecule has 21 heavy (non-hydrogen) atoms. The molecule has 2 N–H and O–H groups in total. The van der Waals surface area contributed by atoms with Gasteiger partial charge in [-0.05, 0) is 24.6 Å². The van der Waals surface area contributed by atoms with Crippen LogP contribution in [0.5, 0.6) is 11.5 Å². The third-order valence-electron chi connectivity index (χ3n) is 3.16. The van der Waals surface area contributed by atoms with E-state index in [1.165, 1.54) is 6.26 Å². The van der Waals surface area contributed by atoms with Gasteiger partial charge in [0.2, 0.25) is 0 Å². The van der Waals surface area contributed by atoms with Crippen molar-refractivity contribution in [2.75, 3.05) is 31.8 Å². The molecule has 0 saturated carbocycles. The molecule has 1 aliphatic rings. The third-order valence-corrected chi connectivity index (χ3v) is 4.27. The van der Waals surface area contributed by atoms with Crippen LogP contribution in [0.1, 0.15) is 18.6 Å². The fraction of sp³-hybridized carbons (Fsp3) is 0.571. The van der Waals surface area contributed by atoms with Crippen LogP contribution in [0.15, 0.2) is 18.2 Å². The summed E-state index contributed by atoms with van der Waals surface area (Å²) < 4.78 is 33.3. The van der Waals surface area contributed by atoms with Crippen molar-refractivity contribution in [3.8, 4) is 11.5 Å². The Bertz CT molecular complexity index is 587. The molecule has 2 atom stereocenters. The highest BCUT2D eigenvalue weighted by atomic mass is 32.2. The highest BCUT2D eigenvalue weighted by Gasteiger charge is 2.17. The third kappa shape index (κ3) is 4.87. The second-order valence-electron chi connectivity index (χ2n) is 5.32. The van der Waals surface area contributed by atoms with Crippen molar-refractivity contribution in [1.29, 1.82) is 0 Å². The monoisotopic (exact) mass is 315 g/mol. The summed E-state index contributed by atoms with van der Waals surface area (Å²) in [6.45, 7) is 3.07. The number of nitrogens with one attached hydrogen (secondary N) is 1. The van der Waals surface area contributed by atoms with Gasteiger partial charge in [-0.25, -0.2) is 8.42 Å². The number of hydrogen-bond donors (Lipinski definition) is 2. The van der Waals surface area contributed by atoms with Crippen molar-refractivity contribution < 1.29 is 23.0 Å². The van der Waals surface area contributed by atoms with E-state index in [-0.39, 0.29) is 18.3 Å². The molecule has 0 amide bonds. The van der Waals surface area contributed by atoms with Gasteiger partial charge < -0.3 is 19.9 Å². The van der Waals surface area contributed by atoms with Crippen LogP contribution in [0.3, 0.4) is 0 Å². The second kappa shape index (κ2) is 6.64. The molecule has 1 aliphatic heterocycles. The maximum atomic E-state index is 11.2. The van der Waals surface area contributed by atoms with E-state index in [0.29, 0.717) is 30.3 Å². The summed E-state index contributed by atoms with van der Waals surface area (Å²) in [4.78, 5) is 0. The zero-order valence-corrected chi connectivity index (χ0v) is 13.0. The molecule has 1 heterocycles. The molecule has 0 aliphatic carbocycles. The molecular formula is C14H21NO5S. The van der Waals surface area contributed by atoms with Gasteiger partial charge >= 0.3 is 0 Å². The van der Waals surface area contributed by atoms with Crippen LogP contribution in [-0.2, 0) is 9.84 Å². The summed E-state index contributed by atoms with van der Waals surface area (Å²) in [6.07, 6.45) is 0.463. The fourth-order valence-electron chi connectivity index (χ4n) is 2.21. The van der Waals surface area contributed by atoms with Gasteiger partial charge in [-0.1, -0.05) is 6.07 Å². The van der Waals surface area contributed by atoms with Gasteiger partial charge in [-0.15, -0.1) is 0 Å². The number of fused-ring (bicyclic) bond motifs is 1. The maximum absolute atomic E-state index is 11.2. The van der Waals surface area contributed by atoms with E-state index < -0.39 is 15.9 Å². The SMILES string of the molecule is CC(CS(C)(=O)=O)NCC(O)c1ccc2c(c1)OCCO2. The molecule has 1 aromatic rings. The lowest BCUT2D eigenvalue weighted by Crippen LogP contribution is -2.35. The van der Waals surface area contributed by atoms with Gasteiger partial charge in [-0.3, -0.25) is 0 Å². The van der Waals surface area contributed by atoms with Crippen molar-refractivity contribution in [3.63, 3.8) is 0 Å². The Hall–Kier alpha value is -1.31. The Morgan fingerprint density at radius 3 is 2.62 bits per heavy atom. The summed E-state index contributed by atoms with van der Waals surface area (Å²) in [5.74, 6) is 1.35. The lowest BCUT2D eigenvalue weighted by atomic mass is 10.1. The number of aliphatic hydroxyl groups excluding tert-OH is 1. The predicted molar refractivity (Wildman–Crippen MR) is 79.6 cm³/mol. The minimum absolute atomic E-state index is 0.0425. The lowest BCUT2D eigenvalue weighted by molar-refractivity contribution is 0.162. The van der Waals surface area contributed by atoms with E-state index in [1.54, 1.807) is 25.1 Å². The molecule has 0 bridgehead atoms. The quantitative estimate of drug-likeness (QED) is 0.796. The van der Waals surface area contributed by atoms with Gasteiger partial charge in [0.25, 0.3) is 0 Å². The molecule has 2 unspecified atom stereocenters. The number of hydrogen-bond acceptors (Lipinski definition) is 6. The summed E-state index contributed by atoms with van der Waals surface area (Å²) >= 11 is 0. The Morgan fingerprint density at radius 2 is 1.95 bits per heavy atom. The molecule has 0 aromatic heterocycles. The summed E-state index contributed by atoms with van der Waals surface area (Å²) in [6, 6.07) is 5.09. The zero-order chi connectivity index (χ0) is 15.5. The van der Waals surface area contributed by atoms with Crippen LogP contribution < -0.4 is 14.8 Å². The molecule has 0 saturated heterocycles. The summed E-state index contributed by atoms with van der Waals surface area (Å²) in [5, 5.41) is 13.2. The van der Waals surface area contributed by atoms with E-state index >= 15 is 0 Å². The van der Waals surface area contributed by atoms with Crippen molar-refractivity contribution >= 4 is 9.84 Å². The predicted octanol–water partition coefficient (Wildman–Crippen LogP) is 0.514. The van der Waals surface area contributed by atoms with Gasteiger partial charge in [0.05, 0.1) is 11.9 Å². The topological polar surface area (TPSA) is 84.9 Å². The van der Waals surface area contributed by atoms with Crippen LogP contribution in [0.2, 0.25) is 0 Å². The number of ether oxygens (including phenoxy) is 2.